The number of aromatic nitrogens is 2. The number of hydrogen-bond acceptors (Lipinski definition) is 3. The van der Waals surface area contributed by atoms with Crippen molar-refractivity contribution in [3.63, 3.8) is 0 Å². The number of nitrogens with one attached hydrogen (secondary N) is 2. The highest BCUT2D eigenvalue weighted by Crippen LogP contribution is 2.55. The van der Waals surface area contributed by atoms with Crippen molar-refractivity contribution in [2.45, 2.75) is 50.6 Å². The van der Waals surface area contributed by atoms with Gasteiger partial charge in [0.1, 0.15) is 5.69 Å². The summed E-state index contributed by atoms with van der Waals surface area (Å²) in [7, 11) is 0. The molecule has 0 radical (unpaired) electrons. The van der Waals surface area contributed by atoms with E-state index in [1.165, 1.54) is 43.4 Å². The minimum absolute atomic E-state index is 0.00223. The third kappa shape index (κ3) is 3.15. The third-order valence-corrected chi connectivity index (χ3v) is 7.35. The number of amides is 2. The second-order valence-electron chi connectivity index (χ2n) is 8.52. The van der Waals surface area contributed by atoms with Crippen LogP contribution in [0.25, 0.3) is 10.6 Å². The maximum atomic E-state index is 12.5. The van der Waals surface area contributed by atoms with E-state index in [1.807, 2.05) is 23.0 Å². The second kappa shape index (κ2) is 6.41. The minimum Gasteiger partial charge on any atom is -0.336 e. The summed E-state index contributed by atoms with van der Waals surface area (Å²) in [6.45, 7) is 1.30. The van der Waals surface area contributed by atoms with Crippen molar-refractivity contribution in [3.05, 3.63) is 29.8 Å². The number of nitrogens with zero attached hydrogens (tertiary/aromatic N) is 2. The van der Waals surface area contributed by atoms with Crippen molar-refractivity contribution in [2.75, 3.05) is 6.54 Å². The van der Waals surface area contributed by atoms with Crippen LogP contribution in [0.2, 0.25) is 0 Å². The highest BCUT2D eigenvalue weighted by atomic mass is 32.1. The molecule has 26 heavy (non-hydrogen) atoms. The third-order valence-electron chi connectivity index (χ3n) is 6.46. The first-order valence-electron chi connectivity index (χ1n) is 9.81. The molecule has 0 aliphatic heterocycles. The van der Waals surface area contributed by atoms with Gasteiger partial charge in [0.05, 0.1) is 11.4 Å². The van der Waals surface area contributed by atoms with E-state index >= 15 is 0 Å². The summed E-state index contributed by atoms with van der Waals surface area (Å²) >= 11 is 1.69. The Balaban J connectivity index is 1.13. The molecule has 4 aliphatic rings. The molecule has 5 nitrogen and oxygen atoms in total. The van der Waals surface area contributed by atoms with E-state index in [1.54, 1.807) is 11.3 Å². The molecule has 2 N–H and O–H groups in total. The first-order valence-corrected chi connectivity index (χ1v) is 10.7. The monoisotopic (exact) mass is 370 g/mol. The van der Waals surface area contributed by atoms with Gasteiger partial charge in [-0.3, -0.25) is 4.68 Å². The van der Waals surface area contributed by atoms with Crippen LogP contribution < -0.4 is 10.6 Å². The van der Waals surface area contributed by atoms with Crippen molar-refractivity contribution >= 4 is 17.4 Å². The molecular formula is C20H26N4OS. The van der Waals surface area contributed by atoms with Gasteiger partial charge in [0.25, 0.3) is 0 Å². The zero-order valence-electron chi connectivity index (χ0n) is 15.0. The van der Waals surface area contributed by atoms with Gasteiger partial charge in [0.2, 0.25) is 0 Å². The molecule has 4 aliphatic carbocycles. The molecule has 138 valence electrons. The number of rotatable bonds is 5. The predicted molar refractivity (Wildman–Crippen MR) is 103 cm³/mol. The average molecular weight is 371 g/mol. The van der Waals surface area contributed by atoms with Crippen LogP contribution in [0.3, 0.4) is 0 Å². The SMILES string of the molecule is O=C(NCCn1ccc(-c2cccs2)n1)NC12CC3CC(CC(C3)C1)C2. The van der Waals surface area contributed by atoms with Crippen LogP contribution in [-0.2, 0) is 6.54 Å². The number of thiophene rings is 1. The number of hydrogen-bond donors (Lipinski definition) is 2. The summed E-state index contributed by atoms with van der Waals surface area (Å²) in [6, 6.07) is 6.14. The average Bonchev–Trinajstić information content (AvgIpc) is 3.24. The number of carbonyl (C=O) groups is 1. The Hall–Kier alpha value is -1.82. The highest BCUT2D eigenvalue weighted by molar-refractivity contribution is 7.13. The highest BCUT2D eigenvalue weighted by Gasteiger charge is 2.51. The van der Waals surface area contributed by atoms with Crippen molar-refractivity contribution in [3.8, 4) is 10.6 Å². The molecule has 2 aromatic rings. The lowest BCUT2D eigenvalue weighted by Gasteiger charge is -2.56. The first-order chi connectivity index (χ1) is 12.7. The molecule has 2 amide bonds. The fourth-order valence-electron chi connectivity index (χ4n) is 5.87. The Kier molecular flexibility index (Phi) is 4.03. The molecule has 2 aromatic heterocycles. The predicted octanol–water partition coefficient (Wildman–Crippen LogP) is 3.88. The zero-order valence-corrected chi connectivity index (χ0v) is 15.8. The lowest BCUT2D eigenvalue weighted by molar-refractivity contribution is -0.0135. The molecular weight excluding hydrogens is 344 g/mol. The molecule has 2 heterocycles. The van der Waals surface area contributed by atoms with E-state index in [-0.39, 0.29) is 11.6 Å². The first kappa shape index (κ1) is 16.4. The minimum atomic E-state index is -0.00223. The van der Waals surface area contributed by atoms with Gasteiger partial charge in [-0.1, -0.05) is 6.07 Å². The summed E-state index contributed by atoms with van der Waals surface area (Å²) in [4.78, 5) is 13.6. The molecule has 0 spiro atoms. The van der Waals surface area contributed by atoms with Gasteiger partial charge in [-0.25, -0.2) is 4.79 Å². The fraction of sp³-hybridized carbons (Fsp3) is 0.600. The fourth-order valence-corrected chi connectivity index (χ4v) is 6.57. The Morgan fingerprint density at radius 1 is 1.19 bits per heavy atom. The summed E-state index contributed by atoms with van der Waals surface area (Å²) < 4.78 is 1.90. The van der Waals surface area contributed by atoms with Gasteiger partial charge >= 0.3 is 6.03 Å². The quantitative estimate of drug-likeness (QED) is 0.839. The van der Waals surface area contributed by atoms with Crippen molar-refractivity contribution < 1.29 is 4.79 Å². The van der Waals surface area contributed by atoms with Gasteiger partial charge in [0, 0.05) is 18.3 Å². The molecule has 6 heteroatoms. The van der Waals surface area contributed by atoms with Gasteiger partial charge in [-0.15, -0.1) is 11.3 Å². The lowest BCUT2D eigenvalue weighted by atomic mass is 9.53. The van der Waals surface area contributed by atoms with Crippen LogP contribution in [0.4, 0.5) is 4.79 Å². The molecule has 4 fully saturated rings. The summed E-state index contributed by atoms with van der Waals surface area (Å²) in [5.41, 5.74) is 1.08. The van der Waals surface area contributed by atoms with Crippen molar-refractivity contribution in [1.29, 1.82) is 0 Å². The van der Waals surface area contributed by atoms with Crippen molar-refractivity contribution in [2.24, 2.45) is 17.8 Å². The topological polar surface area (TPSA) is 59.0 Å². The molecule has 6 rings (SSSR count). The van der Waals surface area contributed by atoms with Crippen LogP contribution >= 0.6 is 11.3 Å². The van der Waals surface area contributed by atoms with Crippen LogP contribution in [0.15, 0.2) is 29.8 Å². The Labute approximate surface area is 158 Å². The Morgan fingerprint density at radius 2 is 1.92 bits per heavy atom. The maximum absolute atomic E-state index is 12.5. The number of carbonyl (C=O) groups excluding carboxylic acids is 1. The molecule has 4 bridgehead atoms. The van der Waals surface area contributed by atoms with Crippen molar-refractivity contribution in [1.82, 2.24) is 20.4 Å². The van der Waals surface area contributed by atoms with Gasteiger partial charge in [0.15, 0.2) is 0 Å². The van der Waals surface area contributed by atoms with Crippen LogP contribution in [0.5, 0.6) is 0 Å². The smallest absolute Gasteiger partial charge is 0.315 e. The summed E-state index contributed by atoms with van der Waals surface area (Å²) in [6.07, 6.45) is 9.74. The van der Waals surface area contributed by atoms with E-state index in [0.717, 1.165) is 23.4 Å². The van der Waals surface area contributed by atoms with Crippen LogP contribution in [-0.4, -0.2) is 27.9 Å². The molecule has 0 saturated heterocycles. The van der Waals surface area contributed by atoms with Gasteiger partial charge in [-0.2, -0.15) is 5.10 Å². The van der Waals surface area contributed by atoms with E-state index in [0.29, 0.717) is 13.1 Å². The molecule has 0 aromatic carbocycles. The van der Waals surface area contributed by atoms with Gasteiger partial charge < -0.3 is 10.6 Å². The summed E-state index contributed by atoms with van der Waals surface area (Å²) in [5, 5.41) is 13.0. The molecule has 4 saturated carbocycles. The van der Waals surface area contributed by atoms with E-state index in [9.17, 15) is 4.79 Å². The second-order valence-corrected chi connectivity index (χ2v) is 9.47. The van der Waals surface area contributed by atoms with Crippen LogP contribution in [0.1, 0.15) is 38.5 Å². The Bertz CT molecular complexity index is 746. The largest absolute Gasteiger partial charge is 0.336 e. The van der Waals surface area contributed by atoms with Crippen LogP contribution in [0, 0.1) is 17.8 Å². The van der Waals surface area contributed by atoms with E-state index in [4.69, 9.17) is 0 Å². The number of urea groups is 1. The zero-order chi connectivity index (χ0) is 17.6. The van der Waals surface area contributed by atoms with E-state index in [2.05, 4.69) is 27.2 Å². The maximum Gasteiger partial charge on any atom is 0.315 e. The Morgan fingerprint density at radius 3 is 2.58 bits per heavy atom. The normalized spacial score (nSPS) is 31.9. The standard InChI is InChI=1S/C20H26N4OS/c25-19(22-20-11-14-8-15(12-20)10-16(9-14)13-20)21-4-6-24-5-3-17(23-24)18-2-1-7-26-18/h1-3,5,7,14-16H,4,6,8-13H2,(H2,21,22,25). The van der Waals surface area contributed by atoms with Gasteiger partial charge in [-0.05, 0) is 73.8 Å². The van der Waals surface area contributed by atoms with E-state index < -0.39 is 0 Å². The molecule has 0 unspecified atom stereocenters. The molecule has 0 atom stereocenters. The summed E-state index contributed by atoms with van der Waals surface area (Å²) in [5.74, 6) is 2.55. The lowest BCUT2D eigenvalue weighted by Crippen LogP contribution is -2.61.